The minimum absolute atomic E-state index is 0.233. The Morgan fingerprint density at radius 1 is 0.810 bits per heavy atom. The van der Waals surface area contributed by atoms with E-state index < -0.39 is 0 Å². The SMILES string of the molecule is Fc1ccc(-c2ccc3c(n2)-c2ncccc2CC3)cc1. The Kier molecular flexibility index (Phi) is 2.78. The van der Waals surface area contributed by atoms with Crippen molar-refractivity contribution in [3.8, 4) is 22.6 Å². The van der Waals surface area contributed by atoms with E-state index in [1.807, 2.05) is 12.1 Å². The van der Waals surface area contributed by atoms with Gasteiger partial charge in [-0.05, 0) is 60.4 Å². The van der Waals surface area contributed by atoms with Gasteiger partial charge in [0.15, 0.2) is 0 Å². The van der Waals surface area contributed by atoms with E-state index in [-0.39, 0.29) is 5.82 Å². The van der Waals surface area contributed by atoms with Crippen LogP contribution < -0.4 is 0 Å². The summed E-state index contributed by atoms with van der Waals surface area (Å²) >= 11 is 0. The molecule has 2 nitrogen and oxygen atoms in total. The predicted octanol–water partition coefficient (Wildman–Crippen LogP) is 4.05. The second kappa shape index (κ2) is 4.77. The van der Waals surface area contributed by atoms with Crippen molar-refractivity contribution in [2.45, 2.75) is 12.8 Å². The van der Waals surface area contributed by atoms with Gasteiger partial charge < -0.3 is 0 Å². The molecule has 0 unspecified atom stereocenters. The van der Waals surface area contributed by atoms with Gasteiger partial charge in [-0.25, -0.2) is 9.37 Å². The van der Waals surface area contributed by atoms with Crippen LogP contribution in [-0.4, -0.2) is 9.97 Å². The number of rotatable bonds is 1. The molecule has 1 aromatic carbocycles. The van der Waals surface area contributed by atoms with Gasteiger partial charge >= 0.3 is 0 Å². The van der Waals surface area contributed by atoms with Crippen LogP contribution in [0.2, 0.25) is 0 Å². The Balaban J connectivity index is 1.86. The van der Waals surface area contributed by atoms with Crippen LogP contribution in [0.4, 0.5) is 4.39 Å². The number of pyridine rings is 2. The lowest BCUT2D eigenvalue weighted by atomic mass is 9.92. The third kappa shape index (κ3) is 2.11. The first kappa shape index (κ1) is 12.2. The van der Waals surface area contributed by atoms with Crippen LogP contribution in [-0.2, 0) is 12.8 Å². The number of benzene rings is 1. The highest BCUT2D eigenvalue weighted by Crippen LogP contribution is 2.32. The van der Waals surface area contributed by atoms with Crippen molar-refractivity contribution in [3.63, 3.8) is 0 Å². The normalized spacial score (nSPS) is 12.6. The highest BCUT2D eigenvalue weighted by atomic mass is 19.1. The zero-order valence-electron chi connectivity index (χ0n) is 11.4. The summed E-state index contributed by atoms with van der Waals surface area (Å²) in [7, 11) is 0. The van der Waals surface area contributed by atoms with Gasteiger partial charge in [-0.1, -0.05) is 12.1 Å². The second-order valence-corrected chi connectivity index (χ2v) is 5.22. The molecule has 0 N–H and O–H groups in total. The number of hydrogen-bond donors (Lipinski definition) is 0. The Hall–Kier alpha value is -2.55. The summed E-state index contributed by atoms with van der Waals surface area (Å²) in [5.41, 5.74) is 6.18. The second-order valence-electron chi connectivity index (χ2n) is 5.22. The van der Waals surface area contributed by atoms with Crippen molar-refractivity contribution >= 4 is 0 Å². The molecule has 0 saturated heterocycles. The molecule has 4 rings (SSSR count). The molecular weight excluding hydrogens is 263 g/mol. The molecule has 0 atom stereocenters. The summed E-state index contributed by atoms with van der Waals surface area (Å²) < 4.78 is 13.0. The third-order valence-corrected chi connectivity index (χ3v) is 3.90. The summed E-state index contributed by atoms with van der Waals surface area (Å²) in [5, 5.41) is 0. The van der Waals surface area contributed by atoms with Gasteiger partial charge in [-0.2, -0.15) is 0 Å². The molecule has 102 valence electrons. The Bertz CT molecular complexity index is 810. The van der Waals surface area contributed by atoms with Crippen molar-refractivity contribution < 1.29 is 4.39 Å². The van der Waals surface area contributed by atoms with Gasteiger partial charge in [0.1, 0.15) is 5.82 Å². The monoisotopic (exact) mass is 276 g/mol. The molecule has 0 fully saturated rings. The molecule has 1 aliphatic carbocycles. The molecule has 0 aliphatic heterocycles. The lowest BCUT2D eigenvalue weighted by molar-refractivity contribution is 0.628. The molecule has 2 heterocycles. The van der Waals surface area contributed by atoms with Crippen LogP contribution in [0.25, 0.3) is 22.6 Å². The summed E-state index contributed by atoms with van der Waals surface area (Å²) in [6.07, 6.45) is 3.80. The van der Waals surface area contributed by atoms with Gasteiger partial charge in [0.05, 0.1) is 17.1 Å². The van der Waals surface area contributed by atoms with Crippen LogP contribution in [0.1, 0.15) is 11.1 Å². The fraction of sp³-hybridized carbons (Fsp3) is 0.111. The fourth-order valence-corrected chi connectivity index (χ4v) is 2.80. The molecule has 0 amide bonds. The van der Waals surface area contributed by atoms with Crippen LogP contribution in [0, 0.1) is 5.82 Å². The zero-order valence-corrected chi connectivity index (χ0v) is 11.4. The molecule has 0 radical (unpaired) electrons. The maximum absolute atomic E-state index is 13.0. The topological polar surface area (TPSA) is 25.8 Å². The largest absolute Gasteiger partial charge is 0.254 e. The lowest BCUT2D eigenvalue weighted by Gasteiger charge is -2.18. The average Bonchev–Trinajstić information content (AvgIpc) is 2.55. The van der Waals surface area contributed by atoms with Crippen molar-refractivity contribution in [1.29, 1.82) is 0 Å². The molecule has 3 heteroatoms. The average molecular weight is 276 g/mol. The Morgan fingerprint density at radius 2 is 1.57 bits per heavy atom. The van der Waals surface area contributed by atoms with E-state index >= 15 is 0 Å². The van der Waals surface area contributed by atoms with Crippen molar-refractivity contribution in [3.05, 3.63) is 71.7 Å². The first-order valence-corrected chi connectivity index (χ1v) is 7.01. The molecule has 1 aliphatic rings. The minimum Gasteiger partial charge on any atom is -0.254 e. The number of halogens is 1. The standard InChI is InChI=1S/C18H13FN2/c19-15-8-5-12(6-9-15)16-10-7-14-4-3-13-2-1-11-20-17(13)18(14)21-16/h1-2,5-11H,3-4H2. The highest BCUT2D eigenvalue weighted by molar-refractivity contribution is 5.70. The van der Waals surface area contributed by atoms with Crippen molar-refractivity contribution in [2.24, 2.45) is 0 Å². The fourth-order valence-electron chi connectivity index (χ4n) is 2.80. The van der Waals surface area contributed by atoms with Gasteiger partial charge in [0.2, 0.25) is 0 Å². The number of aryl methyl sites for hydroxylation is 2. The summed E-state index contributed by atoms with van der Waals surface area (Å²) in [6.45, 7) is 0. The first-order valence-electron chi connectivity index (χ1n) is 7.01. The van der Waals surface area contributed by atoms with Gasteiger partial charge in [-0.3, -0.25) is 4.98 Å². The van der Waals surface area contributed by atoms with E-state index in [4.69, 9.17) is 4.98 Å². The number of hydrogen-bond acceptors (Lipinski definition) is 2. The van der Waals surface area contributed by atoms with E-state index in [0.717, 1.165) is 35.5 Å². The molecular formula is C18H13FN2. The Labute approximate surface area is 122 Å². The number of nitrogens with zero attached hydrogens (tertiary/aromatic N) is 2. The maximum Gasteiger partial charge on any atom is 0.123 e. The molecule has 0 spiro atoms. The summed E-state index contributed by atoms with van der Waals surface area (Å²) in [5.74, 6) is -0.233. The van der Waals surface area contributed by atoms with E-state index in [1.54, 1.807) is 18.3 Å². The van der Waals surface area contributed by atoms with E-state index in [1.165, 1.54) is 23.3 Å². The van der Waals surface area contributed by atoms with E-state index in [0.29, 0.717) is 0 Å². The zero-order chi connectivity index (χ0) is 14.2. The van der Waals surface area contributed by atoms with E-state index in [9.17, 15) is 4.39 Å². The van der Waals surface area contributed by atoms with E-state index in [2.05, 4.69) is 17.1 Å². The van der Waals surface area contributed by atoms with Gasteiger partial charge in [-0.15, -0.1) is 0 Å². The van der Waals surface area contributed by atoms with Crippen molar-refractivity contribution in [2.75, 3.05) is 0 Å². The van der Waals surface area contributed by atoms with Gasteiger partial charge in [0, 0.05) is 11.8 Å². The molecule has 21 heavy (non-hydrogen) atoms. The quantitative estimate of drug-likeness (QED) is 0.670. The smallest absolute Gasteiger partial charge is 0.123 e. The highest BCUT2D eigenvalue weighted by Gasteiger charge is 2.18. The molecule has 0 bridgehead atoms. The lowest BCUT2D eigenvalue weighted by Crippen LogP contribution is -2.07. The summed E-state index contributed by atoms with van der Waals surface area (Å²) in [6, 6.07) is 14.6. The van der Waals surface area contributed by atoms with Gasteiger partial charge in [0.25, 0.3) is 0 Å². The molecule has 2 aromatic heterocycles. The summed E-state index contributed by atoms with van der Waals surface area (Å²) in [4.78, 5) is 9.26. The van der Waals surface area contributed by atoms with Crippen LogP contribution >= 0.6 is 0 Å². The number of aromatic nitrogens is 2. The van der Waals surface area contributed by atoms with Crippen LogP contribution in [0.3, 0.4) is 0 Å². The molecule has 0 saturated carbocycles. The number of fused-ring (bicyclic) bond motifs is 3. The third-order valence-electron chi connectivity index (χ3n) is 3.90. The Morgan fingerprint density at radius 3 is 2.38 bits per heavy atom. The minimum atomic E-state index is -0.233. The van der Waals surface area contributed by atoms with Crippen molar-refractivity contribution in [1.82, 2.24) is 9.97 Å². The maximum atomic E-state index is 13.0. The first-order chi connectivity index (χ1) is 10.3. The predicted molar refractivity (Wildman–Crippen MR) is 80.3 cm³/mol. The van der Waals surface area contributed by atoms with Crippen LogP contribution in [0.15, 0.2) is 54.7 Å². The molecule has 3 aromatic rings. The van der Waals surface area contributed by atoms with Crippen LogP contribution in [0.5, 0.6) is 0 Å².